The number of nitrogens with zero attached hydrogens (tertiary/aromatic N) is 1. The van der Waals surface area contributed by atoms with Crippen molar-refractivity contribution >= 4 is 17.2 Å². The van der Waals surface area contributed by atoms with Crippen LogP contribution in [0.2, 0.25) is 0 Å². The summed E-state index contributed by atoms with van der Waals surface area (Å²) in [6.07, 6.45) is 1.26. The Morgan fingerprint density at radius 3 is 2.71 bits per heavy atom. The minimum Gasteiger partial charge on any atom is -0.335 e. The van der Waals surface area contributed by atoms with E-state index in [9.17, 15) is 4.79 Å². The molecule has 0 unspecified atom stereocenters. The Balaban J connectivity index is 1.65. The summed E-state index contributed by atoms with van der Waals surface area (Å²) in [5, 5.41) is 2.01. The molecule has 2 nitrogen and oxygen atoms in total. The van der Waals surface area contributed by atoms with Crippen molar-refractivity contribution in [2.75, 3.05) is 6.54 Å². The Kier molecular flexibility index (Phi) is 2.93. The van der Waals surface area contributed by atoms with Crippen molar-refractivity contribution in [1.82, 2.24) is 4.90 Å². The van der Waals surface area contributed by atoms with Crippen molar-refractivity contribution in [1.29, 1.82) is 0 Å². The van der Waals surface area contributed by atoms with Gasteiger partial charge in [-0.2, -0.15) is 0 Å². The zero-order valence-corrected chi connectivity index (χ0v) is 12.9. The summed E-state index contributed by atoms with van der Waals surface area (Å²) in [7, 11) is 0. The Bertz CT molecular complexity index is 687. The Labute approximate surface area is 129 Å². The monoisotopic (exact) mass is 296 g/mol. The lowest BCUT2D eigenvalue weighted by Gasteiger charge is -2.24. The highest BCUT2D eigenvalue weighted by molar-refractivity contribution is 7.14. The molecule has 1 aromatic heterocycles. The molecule has 1 aliphatic heterocycles. The lowest BCUT2D eigenvalue weighted by molar-refractivity contribution is 0.0737. The zero-order valence-electron chi connectivity index (χ0n) is 12.1. The number of rotatable bonds is 2. The normalized spacial score (nSPS) is 26.8. The van der Waals surface area contributed by atoms with Crippen LogP contribution in [0.1, 0.15) is 22.3 Å². The second-order valence-electron chi connectivity index (χ2n) is 6.21. The molecule has 2 fully saturated rings. The molecule has 2 heterocycles. The van der Waals surface area contributed by atoms with E-state index in [0.717, 1.165) is 22.5 Å². The van der Waals surface area contributed by atoms with Crippen molar-refractivity contribution in [3.63, 3.8) is 0 Å². The van der Waals surface area contributed by atoms with E-state index < -0.39 is 0 Å². The lowest BCUT2D eigenvalue weighted by Crippen LogP contribution is -2.36. The predicted octanol–water partition coefficient (Wildman–Crippen LogP) is 4.02. The Morgan fingerprint density at radius 2 is 2.05 bits per heavy atom. The second-order valence-corrected chi connectivity index (χ2v) is 7.13. The van der Waals surface area contributed by atoms with Crippen LogP contribution in [0.4, 0.5) is 0 Å². The van der Waals surface area contributed by atoms with E-state index in [4.69, 9.17) is 0 Å². The first kappa shape index (κ1) is 13.1. The molecule has 4 rings (SSSR count). The smallest absolute Gasteiger partial charge is 0.255 e. The molecule has 0 bridgehead atoms. The number of benzene rings is 1. The lowest BCUT2D eigenvalue weighted by atomic mass is 10.1. The van der Waals surface area contributed by atoms with Gasteiger partial charge in [0.15, 0.2) is 0 Å². The molecule has 0 spiro atoms. The molecular weight excluding hydrogens is 278 g/mol. The molecule has 2 aliphatic rings. The number of likely N-dealkylation sites (tertiary alicyclic amines) is 1. The molecular formula is C18H18NOS. The van der Waals surface area contributed by atoms with Crippen molar-refractivity contribution in [3.05, 3.63) is 53.8 Å². The zero-order chi connectivity index (χ0) is 14.6. The van der Waals surface area contributed by atoms with E-state index in [1.165, 1.54) is 12.0 Å². The largest absolute Gasteiger partial charge is 0.335 e. The van der Waals surface area contributed by atoms with Crippen molar-refractivity contribution in [2.24, 2.45) is 11.8 Å². The first-order valence-corrected chi connectivity index (χ1v) is 8.31. The summed E-state index contributed by atoms with van der Waals surface area (Å²) >= 11 is 1.64. The van der Waals surface area contributed by atoms with Crippen LogP contribution in [0.5, 0.6) is 0 Å². The van der Waals surface area contributed by atoms with Crippen LogP contribution in [0, 0.1) is 25.7 Å². The van der Waals surface area contributed by atoms with Crippen molar-refractivity contribution < 1.29 is 4.79 Å². The number of amides is 1. The average molecular weight is 296 g/mol. The summed E-state index contributed by atoms with van der Waals surface area (Å²) in [4.78, 5) is 15.9. The molecule has 3 atom stereocenters. The van der Waals surface area contributed by atoms with Gasteiger partial charge in [-0.05, 0) is 49.1 Å². The van der Waals surface area contributed by atoms with Gasteiger partial charge < -0.3 is 4.90 Å². The SMILES string of the molecule is [CH2][C@H]1[C@H]2C[C@H]2CN1C(=O)c1ccsc1-c1ccc(C)cc1. The number of thiophene rings is 1. The molecule has 107 valence electrons. The van der Waals surface area contributed by atoms with Crippen LogP contribution < -0.4 is 0 Å². The van der Waals surface area contributed by atoms with Gasteiger partial charge in [-0.1, -0.05) is 29.8 Å². The Hall–Kier alpha value is -1.61. The molecule has 21 heavy (non-hydrogen) atoms. The van der Waals surface area contributed by atoms with Gasteiger partial charge >= 0.3 is 0 Å². The van der Waals surface area contributed by atoms with Gasteiger partial charge in [-0.15, -0.1) is 11.3 Å². The first-order chi connectivity index (χ1) is 10.1. The molecule has 0 N–H and O–H groups in total. The summed E-state index contributed by atoms with van der Waals surface area (Å²) in [5.74, 6) is 1.51. The van der Waals surface area contributed by atoms with E-state index in [-0.39, 0.29) is 11.9 Å². The maximum atomic E-state index is 12.8. The van der Waals surface area contributed by atoms with Gasteiger partial charge in [0.25, 0.3) is 5.91 Å². The quantitative estimate of drug-likeness (QED) is 0.819. The second kappa shape index (κ2) is 4.70. The number of carbonyl (C=O) groups is 1. The van der Waals surface area contributed by atoms with Crippen LogP contribution in [0.15, 0.2) is 35.7 Å². The topological polar surface area (TPSA) is 20.3 Å². The van der Waals surface area contributed by atoms with Crippen LogP contribution in [-0.4, -0.2) is 23.4 Å². The van der Waals surface area contributed by atoms with Crippen molar-refractivity contribution in [2.45, 2.75) is 19.4 Å². The maximum Gasteiger partial charge on any atom is 0.255 e. The molecule has 1 radical (unpaired) electrons. The summed E-state index contributed by atoms with van der Waals surface area (Å²) in [6, 6.07) is 10.5. The maximum absolute atomic E-state index is 12.8. The molecule has 1 saturated carbocycles. The molecule has 1 amide bonds. The van der Waals surface area contributed by atoms with E-state index >= 15 is 0 Å². The highest BCUT2D eigenvalue weighted by Crippen LogP contribution is 2.49. The van der Waals surface area contributed by atoms with Gasteiger partial charge in [0, 0.05) is 17.5 Å². The number of hydrogen-bond acceptors (Lipinski definition) is 2. The van der Waals surface area contributed by atoms with Crippen LogP contribution in [-0.2, 0) is 0 Å². The van der Waals surface area contributed by atoms with Gasteiger partial charge in [0.05, 0.1) is 5.56 Å². The third-order valence-corrected chi connectivity index (χ3v) is 5.74. The molecule has 1 aliphatic carbocycles. The number of hydrogen-bond donors (Lipinski definition) is 0. The fourth-order valence-corrected chi connectivity index (χ4v) is 4.26. The minimum atomic E-state index is 0.152. The highest BCUT2D eigenvalue weighted by Gasteiger charge is 2.52. The van der Waals surface area contributed by atoms with E-state index in [0.29, 0.717) is 11.8 Å². The van der Waals surface area contributed by atoms with Crippen molar-refractivity contribution in [3.8, 4) is 10.4 Å². The fourth-order valence-electron chi connectivity index (χ4n) is 3.37. The molecule has 2 aromatic rings. The van der Waals surface area contributed by atoms with E-state index in [2.05, 4.69) is 38.1 Å². The number of carbonyl (C=O) groups excluding carboxylic acids is 1. The average Bonchev–Trinajstić information content (AvgIpc) is 2.95. The van der Waals surface area contributed by atoms with E-state index in [1.54, 1.807) is 11.3 Å². The third kappa shape index (κ3) is 2.11. The van der Waals surface area contributed by atoms with Gasteiger partial charge in [-0.25, -0.2) is 0 Å². The summed E-state index contributed by atoms with van der Waals surface area (Å²) in [6.45, 7) is 7.16. The first-order valence-electron chi connectivity index (χ1n) is 7.44. The third-order valence-electron chi connectivity index (χ3n) is 4.77. The van der Waals surface area contributed by atoms with Crippen LogP contribution in [0.25, 0.3) is 10.4 Å². The standard InChI is InChI=1S/C18H18NOS/c1-11-3-5-13(6-4-11)17-15(7-8-21-17)18(20)19-10-14-9-16(14)12(19)2/h3-8,12,14,16H,2,9-10H2,1H3/t12-,14-,16+/m0/s1. The summed E-state index contributed by atoms with van der Waals surface area (Å²) < 4.78 is 0. The van der Waals surface area contributed by atoms with Gasteiger partial charge in [0.1, 0.15) is 0 Å². The molecule has 1 saturated heterocycles. The number of fused-ring (bicyclic) bond motifs is 1. The highest BCUT2D eigenvalue weighted by atomic mass is 32.1. The van der Waals surface area contributed by atoms with Gasteiger partial charge in [-0.3, -0.25) is 4.79 Å². The van der Waals surface area contributed by atoms with Crippen LogP contribution in [0.3, 0.4) is 0 Å². The minimum absolute atomic E-state index is 0.152. The molecule has 3 heteroatoms. The van der Waals surface area contributed by atoms with Gasteiger partial charge in [0.2, 0.25) is 0 Å². The predicted molar refractivity (Wildman–Crippen MR) is 86.3 cm³/mol. The Morgan fingerprint density at radius 1 is 1.29 bits per heavy atom. The summed E-state index contributed by atoms with van der Waals surface area (Å²) in [5.41, 5.74) is 3.20. The fraction of sp³-hybridized carbons (Fsp3) is 0.333. The number of aryl methyl sites for hydroxylation is 1. The molecule has 1 aromatic carbocycles. The van der Waals surface area contributed by atoms with Crippen LogP contribution >= 0.6 is 11.3 Å². The van der Waals surface area contributed by atoms with E-state index in [1.807, 2.05) is 16.3 Å². The number of piperidine rings is 1.